The quantitative estimate of drug-likeness (QED) is 0.379. The maximum atomic E-state index is 5.30. The fourth-order valence-corrected chi connectivity index (χ4v) is 1.63. The molecule has 16 heavy (non-hydrogen) atoms. The molecule has 1 fully saturated rings. The number of hydrogen-bond donors (Lipinski definition) is 0. The van der Waals surface area contributed by atoms with Gasteiger partial charge < -0.3 is 9.57 Å². The number of hydrogen-bond acceptors (Lipinski definition) is 4. The van der Waals surface area contributed by atoms with Gasteiger partial charge in [-0.2, -0.15) is 0 Å². The smallest absolute Gasteiger partial charge is 0.129 e. The van der Waals surface area contributed by atoms with Gasteiger partial charge in [-0.05, 0) is 19.8 Å². The Morgan fingerprint density at radius 1 is 1.38 bits per heavy atom. The molecule has 0 aromatic heterocycles. The molecule has 0 aromatic carbocycles. The number of unbranched alkanes of at least 4 members (excludes halogenated alkanes) is 1. The molecule has 0 aliphatic carbocycles. The van der Waals surface area contributed by atoms with Crippen LogP contribution in [0.15, 0.2) is 5.16 Å². The van der Waals surface area contributed by atoms with Gasteiger partial charge in [-0.1, -0.05) is 18.5 Å². The molecule has 1 aliphatic rings. The molecule has 0 amide bonds. The summed E-state index contributed by atoms with van der Waals surface area (Å²) in [5.41, 5.74) is 1.10. The molecule has 1 aliphatic heterocycles. The number of rotatable bonds is 7. The average molecular weight is 228 g/mol. The molecule has 4 nitrogen and oxygen atoms in total. The zero-order chi connectivity index (χ0) is 11.6. The van der Waals surface area contributed by atoms with E-state index < -0.39 is 0 Å². The third-order valence-corrected chi connectivity index (χ3v) is 2.72. The van der Waals surface area contributed by atoms with Gasteiger partial charge in [-0.25, -0.2) is 0 Å². The highest BCUT2D eigenvalue weighted by Crippen LogP contribution is 1.98. The van der Waals surface area contributed by atoms with Crippen molar-refractivity contribution in [3.8, 4) is 0 Å². The summed E-state index contributed by atoms with van der Waals surface area (Å²) in [6.07, 6.45) is 3.46. The molecule has 0 spiro atoms. The van der Waals surface area contributed by atoms with Crippen molar-refractivity contribution in [1.82, 2.24) is 4.90 Å². The van der Waals surface area contributed by atoms with E-state index in [9.17, 15) is 0 Å². The van der Waals surface area contributed by atoms with Gasteiger partial charge in [-0.15, -0.1) is 0 Å². The standard InChI is InChI=1S/C12H24N2O2/c1-3-4-5-12(2)13-16-11-8-14-6-9-15-10-7-14/h3-11H2,1-2H3/b13-12-. The Kier molecular flexibility index (Phi) is 7.17. The molecule has 0 bridgehead atoms. The molecule has 0 N–H and O–H groups in total. The number of morpholine rings is 1. The van der Waals surface area contributed by atoms with E-state index in [0.717, 1.165) is 45.0 Å². The van der Waals surface area contributed by atoms with Crippen LogP contribution in [0.3, 0.4) is 0 Å². The molecular formula is C12H24N2O2. The minimum absolute atomic E-state index is 0.684. The summed E-state index contributed by atoms with van der Waals surface area (Å²) in [4.78, 5) is 7.65. The van der Waals surface area contributed by atoms with Crippen molar-refractivity contribution in [1.29, 1.82) is 0 Å². The lowest BCUT2D eigenvalue weighted by atomic mass is 10.2. The van der Waals surface area contributed by atoms with Gasteiger partial charge in [0.15, 0.2) is 0 Å². The van der Waals surface area contributed by atoms with Crippen LogP contribution in [-0.4, -0.2) is 50.1 Å². The second-order valence-corrected chi connectivity index (χ2v) is 4.22. The number of nitrogens with zero attached hydrogens (tertiary/aromatic N) is 2. The van der Waals surface area contributed by atoms with Crippen molar-refractivity contribution < 1.29 is 9.57 Å². The minimum Gasteiger partial charge on any atom is -0.394 e. The SMILES string of the molecule is CCCC/C(C)=N\OCCN1CCOCC1. The summed E-state index contributed by atoms with van der Waals surface area (Å²) in [5.74, 6) is 0. The van der Waals surface area contributed by atoms with E-state index in [2.05, 4.69) is 17.0 Å². The predicted molar refractivity (Wildman–Crippen MR) is 65.8 cm³/mol. The summed E-state index contributed by atoms with van der Waals surface area (Å²) in [6, 6.07) is 0. The molecule has 0 atom stereocenters. The highest BCUT2D eigenvalue weighted by Gasteiger charge is 2.09. The number of ether oxygens (including phenoxy) is 1. The molecule has 0 saturated carbocycles. The predicted octanol–water partition coefficient (Wildman–Crippen LogP) is 1.90. The molecule has 1 heterocycles. The molecular weight excluding hydrogens is 204 g/mol. The third-order valence-electron chi connectivity index (χ3n) is 2.72. The second-order valence-electron chi connectivity index (χ2n) is 4.22. The number of oxime groups is 1. The van der Waals surface area contributed by atoms with Gasteiger partial charge >= 0.3 is 0 Å². The van der Waals surface area contributed by atoms with Crippen LogP contribution < -0.4 is 0 Å². The maximum absolute atomic E-state index is 5.30. The molecule has 94 valence electrons. The molecule has 4 heteroatoms. The van der Waals surface area contributed by atoms with Crippen molar-refractivity contribution in [2.75, 3.05) is 39.5 Å². The van der Waals surface area contributed by atoms with Crippen LogP contribution in [0.2, 0.25) is 0 Å². The summed E-state index contributed by atoms with van der Waals surface area (Å²) in [7, 11) is 0. The minimum atomic E-state index is 0.684. The van der Waals surface area contributed by atoms with Crippen LogP contribution in [0.5, 0.6) is 0 Å². The van der Waals surface area contributed by atoms with Gasteiger partial charge in [0, 0.05) is 19.6 Å². The largest absolute Gasteiger partial charge is 0.394 e. The summed E-state index contributed by atoms with van der Waals surface area (Å²) in [6.45, 7) is 9.58. The lowest BCUT2D eigenvalue weighted by Crippen LogP contribution is -2.38. The second kappa shape index (κ2) is 8.53. The Labute approximate surface area is 98.6 Å². The van der Waals surface area contributed by atoms with Crippen molar-refractivity contribution >= 4 is 5.71 Å². The van der Waals surface area contributed by atoms with Gasteiger partial charge in [0.05, 0.1) is 18.9 Å². The van der Waals surface area contributed by atoms with Crippen molar-refractivity contribution in [3.05, 3.63) is 0 Å². The van der Waals surface area contributed by atoms with Crippen LogP contribution >= 0.6 is 0 Å². The highest BCUT2D eigenvalue weighted by molar-refractivity contribution is 5.81. The highest BCUT2D eigenvalue weighted by atomic mass is 16.6. The van der Waals surface area contributed by atoms with E-state index in [0.29, 0.717) is 6.61 Å². The summed E-state index contributed by atoms with van der Waals surface area (Å²) < 4.78 is 5.28. The van der Waals surface area contributed by atoms with E-state index >= 15 is 0 Å². The third kappa shape index (κ3) is 6.08. The van der Waals surface area contributed by atoms with Crippen molar-refractivity contribution in [2.24, 2.45) is 5.16 Å². The Morgan fingerprint density at radius 3 is 2.81 bits per heavy atom. The average Bonchev–Trinajstić information content (AvgIpc) is 2.33. The molecule has 1 saturated heterocycles. The Morgan fingerprint density at radius 2 is 2.12 bits per heavy atom. The first-order valence-electron chi connectivity index (χ1n) is 6.28. The monoisotopic (exact) mass is 228 g/mol. The van der Waals surface area contributed by atoms with Gasteiger partial charge in [0.1, 0.15) is 6.61 Å². The maximum Gasteiger partial charge on any atom is 0.129 e. The summed E-state index contributed by atoms with van der Waals surface area (Å²) in [5, 5.41) is 4.10. The lowest BCUT2D eigenvalue weighted by Gasteiger charge is -2.25. The van der Waals surface area contributed by atoms with Crippen LogP contribution in [0.1, 0.15) is 33.1 Å². The van der Waals surface area contributed by atoms with Crippen LogP contribution in [-0.2, 0) is 9.57 Å². The molecule has 1 rings (SSSR count). The van der Waals surface area contributed by atoms with E-state index in [4.69, 9.17) is 9.57 Å². The first-order chi connectivity index (χ1) is 7.83. The van der Waals surface area contributed by atoms with E-state index in [-0.39, 0.29) is 0 Å². The molecule has 0 aromatic rings. The Balaban J connectivity index is 2.01. The zero-order valence-corrected chi connectivity index (χ0v) is 10.6. The topological polar surface area (TPSA) is 34.1 Å². The fraction of sp³-hybridized carbons (Fsp3) is 0.917. The van der Waals surface area contributed by atoms with Crippen LogP contribution in [0.25, 0.3) is 0 Å². The van der Waals surface area contributed by atoms with Gasteiger partial charge in [0.25, 0.3) is 0 Å². The van der Waals surface area contributed by atoms with Crippen molar-refractivity contribution in [3.63, 3.8) is 0 Å². The van der Waals surface area contributed by atoms with E-state index in [1.165, 1.54) is 12.8 Å². The van der Waals surface area contributed by atoms with Gasteiger partial charge in [0.2, 0.25) is 0 Å². The first kappa shape index (κ1) is 13.5. The fourth-order valence-electron chi connectivity index (χ4n) is 1.63. The van der Waals surface area contributed by atoms with Crippen LogP contribution in [0.4, 0.5) is 0 Å². The van der Waals surface area contributed by atoms with E-state index in [1.807, 2.05) is 6.92 Å². The Bertz CT molecular complexity index is 201. The van der Waals surface area contributed by atoms with E-state index in [1.54, 1.807) is 0 Å². The normalized spacial score (nSPS) is 18.8. The lowest BCUT2D eigenvalue weighted by molar-refractivity contribution is 0.0211. The van der Waals surface area contributed by atoms with Crippen LogP contribution in [0, 0.1) is 0 Å². The first-order valence-corrected chi connectivity index (χ1v) is 6.28. The zero-order valence-electron chi connectivity index (χ0n) is 10.6. The molecule has 0 unspecified atom stereocenters. The van der Waals surface area contributed by atoms with Crippen molar-refractivity contribution in [2.45, 2.75) is 33.1 Å². The Hall–Kier alpha value is -0.610. The summed E-state index contributed by atoms with van der Waals surface area (Å²) >= 11 is 0. The van der Waals surface area contributed by atoms with Gasteiger partial charge in [-0.3, -0.25) is 4.90 Å². The molecule has 0 radical (unpaired) electrons.